The lowest BCUT2D eigenvalue weighted by molar-refractivity contribution is -0.121. The van der Waals surface area contributed by atoms with Crippen LogP contribution in [0.1, 0.15) is 37.1 Å². The lowest BCUT2D eigenvalue weighted by Crippen LogP contribution is -2.46. The highest BCUT2D eigenvalue weighted by atomic mass is 16.1. The van der Waals surface area contributed by atoms with Crippen LogP contribution >= 0.6 is 0 Å². The number of piperazine rings is 1. The first-order chi connectivity index (χ1) is 15.7. The summed E-state index contributed by atoms with van der Waals surface area (Å²) in [4.78, 5) is 25.0. The third kappa shape index (κ3) is 6.33. The summed E-state index contributed by atoms with van der Waals surface area (Å²) in [7, 11) is 0. The monoisotopic (exact) mass is 433 g/mol. The van der Waals surface area contributed by atoms with Crippen LogP contribution in [-0.2, 0) is 11.2 Å². The Labute approximate surface area is 191 Å². The van der Waals surface area contributed by atoms with Gasteiger partial charge in [0.15, 0.2) is 0 Å². The van der Waals surface area contributed by atoms with Gasteiger partial charge in [-0.3, -0.25) is 9.69 Å². The number of unbranched alkanes of at least 4 members (excludes halogenated alkanes) is 1. The van der Waals surface area contributed by atoms with Crippen LogP contribution in [0.15, 0.2) is 48.5 Å². The van der Waals surface area contributed by atoms with E-state index >= 15 is 0 Å². The fourth-order valence-corrected chi connectivity index (χ4v) is 4.37. The summed E-state index contributed by atoms with van der Waals surface area (Å²) >= 11 is 0. The van der Waals surface area contributed by atoms with Crippen molar-refractivity contribution in [1.82, 2.24) is 20.2 Å². The molecule has 0 saturated carbocycles. The minimum Gasteiger partial charge on any atom is -0.369 e. The van der Waals surface area contributed by atoms with Gasteiger partial charge >= 0.3 is 0 Å². The van der Waals surface area contributed by atoms with Crippen molar-refractivity contribution < 1.29 is 4.79 Å². The number of carbonyl (C=O) groups excluding carboxylic acids is 1. The van der Waals surface area contributed by atoms with Gasteiger partial charge < -0.3 is 15.2 Å². The Morgan fingerprint density at radius 2 is 1.88 bits per heavy atom. The number of aromatic amines is 1. The number of anilines is 1. The van der Waals surface area contributed by atoms with E-state index in [-0.39, 0.29) is 5.91 Å². The van der Waals surface area contributed by atoms with Crippen molar-refractivity contribution in [2.75, 3.05) is 44.2 Å². The van der Waals surface area contributed by atoms with E-state index in [1.54, 1.807) is 0 Å². The average molecular weight is 434 g/mol. The van der Waals surface area contributed by atoms with E-state index in [1.165, 1.54) is 11.3 Å². The van der Waals surface area contributed by atoms with E-state index < -0.39 is 0 Å². The second kappa shape index (κ2) is 11.1. The van der Waals surface area contributed by atoms with Crippen LogP contribution in [0.2, 0.25) is 0 Å². The molecule has 6 heteroatoms. The van der Waals surface area contributed by atoms with Crippen molar-refractivity contribution in [3.05, 3.63) is 59.9 Å². The van der Waals surface area contributed by atoms with Crippen LogP contribution in [0.3, 0.4) is 0 Å². The third-order valence-electron chi connectivity index (χ3n) is 6.22. The maximum absolute atomic E-state index is 12.1. The molecule has 2 aromatic carbocycles. The molecule has 1 saturated heterocycles. The highest BCUT2D eigenvalue weighted by Gasteiger charge is 2.16. The molecule has 1 amide bonds. The smallest absolute Gasteiger partial charge is 0.220 e. The molecule has 0 radical (unpaired) electrons. The first-order valence-corrected chi connectivity index (χ1v) is 11.9. The van der Waals surface area contributed by atoms with Crippen molar-refractivity contribution >= 4 is 22.6 Å². The van der Waals surface area contributed by atoms with Gasteiger partial charge in [0, 0.05) is 51.3 Å². The zero-order valence-electron chi connectivity index (χ0n) is 19.1. The fraction of sp³-hybridized carbons (Fsp3) is 0.462. The van der Waals surface area contributed by atoms with Gasteiger partial charge in [-0.05, 0) is 62.6 Å². The topological polar surface area (TPSA) is 64.3 Å². The average Bonchev–Trinajstić information content (AvgIpc) is 3.22. The molecule has 1 fully saturated rings. The quantitative estimate of drug-likeness (QED) is 0.476. The molecule has 2 heterocycles. The number of carbonyl (C=O) groups is 1. The Balaban J connectivity index is 1.04. The Bertz CT molecular complexity index is 973. The first kappa shape index (κ1) is 22.3. The van der Waals surface area contributed by atoms with Gasteiger partial charge in [-0.25, -0.2) is 4.98 Å². The molecule has 1 aliphatic heterocycles. The number of para-hydroxylation sites is 2. The maximum atomic E-state index is 12.1. The standard InChI is InChI=1S/C26H35N5O/c1-21-8-6-9-22(20-21)31-18-16-30(17-19-31)15-5-4-14-27-26(32)13-7-12-25-28-23-10-2-3-11-24(23)29-25/h2-3,6,8-11,20H,4-5,7,12-19H2,1H3,(H,27,32)(H,28,29). The largest absolute Gasteiger partial charge is 0.369 e. The summed E-state index contributed by atoms with van der Waals surface area (Å²) in [5.74, 6) is 1.11. The molecule has 3 aromatic rings. The number of H-pyrrole nitrogens is 1. The predicted octanol–water partition coefficient (Wildman–Crippen LogP) is 3.91. The number of nitrogens with one attached hydrogen (secondary N) is 2. The Morgan fingerprint density at radius 1 is 1.03 bits per heavy atom. The van der Waals surface area contributed by atoms with Crippen LogP contribution in [0.4, 0.5) is 5.69 Å². The molecule has 0 atom stereocenters. The number of amides is 1. The van der Waals surface area contributed by atoms with Crippen LogP contribution in [0, 0.1) is 6.92 Å². The number of nitrogens with zero attached hydrogens (tertiary/aromatic N) is 3. The Hall–Kier alpha value is -2.86. The number of hydrogen-bond donors (Lipinski definition) is 2. The Morgan fingerprint density at radius 3 is 2.69 bits per heavy atom. The van der Waals surface area contributed by atoms with Crippen molar-refractivity contribution in [2.45, 2.75) is 39.0 Å². The normalized spacial score (nSPS) is 14.7. The molecule has 1 aromatic heterocycles. The number of imidazole rings is 1. The Kier molecular flexibility index (Phi) is 7.77. The molecule has 170 valence electrons. The number of benzene rings is 2. The van der Waals surface area contributed by atoms with Crippen LogP contribution in [0.25, 0.3) is 11.0 Å². The van der Waals surface area contributed by atoms with E-state index in [9.17, 15) is 4.79 Å². The van der Waals surface area contributed by atoms with Gasteiger partial charge in [-0.15, -0.1) is 0 Å². The number of rotatable bonds is 10. The highest BCUT2D eigenvalue weighted by molar-refractivity contribution is 5.76. The molecule has 6 nitrogen and oxygen atoms in total. The minimum atomic E-state index is 0.146. The zero-order valence-corrected chi connectivity index (χ0v) is 19.1. The second-order valence-electron chi connectivity index (χ2n) is 8.78. The van der Waals surface area contributed by atoms with E-state index in [0.29, 0.717) is 6.42 Å². The number of aryl methyl sites for hydroxylation is 2. The second-order valence-corrected chi connectivity index (χ2v) is 8.78. The number of fused-ring (bicyclic) bond motifs is 1. The summed E-state index contributed by atoms with van der Waals surface area (Å²) in [6.45, 7) is 8.44. The van der Waals surface area contributed by atoms with Gasteiger partial charge in [0.05, 0.1) is 11.0 Å². The van der Waals surface area contributed by atoms with E-state index in [1.807, 2.05) is 24.3 Å². The lowest BCUT2D eigenvalue weighted by atomic mass is 10.2. The van der Waals surface area contributed by atoms with Gasteiger partial charge in [0.2, 0.25) is 5.91 Å². The molecule has 0 bridgehead atoms. The van der Waals surface area contributed by atoms with Crippen LogP contribution in [-0.4, -0.2) is 60.0 Å². The number of aromatic nitrogens is 2. The van der Waals surface area contributed by atoms with Crippen molar-refractivity contribution in [3.8, 4) is 0 Å². The first-order valence-electron chi connectivity index (χ1n) is 11.9. The highest BCUT2D eigenvalue weighted by Crippen LogP contribution is 2.18. The summed E-state index contributed by atoms with van der Waals surface area (Å²) < 4.78 is 0. The summed E-state index contributed by atoms with van der Waals surface area (Å²) in [6.07, 6.45) is 4.34. The number of hydrogen-bond acceptors (Lipinski definition) is 4. The van der Waals surface area contributed by atoms with Gasteiger partial charge in [0.25, 0.3) is 0 Å². The SMILES string of the molecule is Cc1cccc(N2CCN(CCCCNC(=O)CCCc3nc4ccccc4[nH]3)CC2)c1. The van der Waals surface area contributed by atoms with Gasteiger partial charge in [-0.2, -0.15) is 0 Å². The summed E-state index contributed by atoms with van der Waals surface area (Å²) in [5.41, 5.74) is 4.71. The van der Waals surface area contributed by atoms with Gasteiger partial charge in [-0.1, -0.05) is 24.3 Å². The van der Waals surface area contributed by atoms with Gasteiger partial charge in [0.1, 0.15) is 5.82 Å². The minimum absolute atomic E-state index is 0.146. The zero-order chi connectivity index (χ0) is 22.2. The molecular formula is C26H35N5O. The summed E-state index contributed by atoms with van der Waals surface area (Å²) in [5, 5.41) is 3.07. The van der Waals surface area contributed by atoms with Crippen molar-refractivity contribution in [2.24, 2.45) is 0 Å². The molecule has 0 unspecified atom stereocenters. The van der Waals surface area contributed by atoms with E-state index in [2.05, 4.69) is 56.3 Å². The molecule has 1 aliphatic rings. The molecule has 0 aliphatic carbocycles. The molecule has 0 spiro atoms. The molecular weight excluding hydrogens is 398 g/mol. The van der Waals surface area contributed by atoms with Crippen LogP contribution < -0.4 is 10.2 Å². The summed E-state index contributed by atoms with van der Waals surface area (Å²) in [6, 6.07) is 16.8. The molecule has 32 heavy (non-hydrogen) atoms. The van der Waals surface area contributed by atoms with Crippen molar-refractivity contribution in [3.63, 3.8) is 0 Å². The lowest BCUT2D eigenvalue weighted by Gasteiger charge is -2.36. The third-order valence-corrected chi connectivity index (χ3v) is 6.22. The van der Waals surface area contributed by atoms with Crippen molar-refractivity contribution in [1.29, 1.82) is 0 Å². The molecule has 4 rings (SSSR count). The fourth-order valence-electron chi connectivity index (χ4n) is 4.37. The maximum Gasteiger partial charge on any atom is 0.220 e. The molecule has 2 N–H and O–H groups in total. The van der Waals surface area contributed by atoms with Crippen LogP contribution in [0.5, 0.6) is 0 Å². The van der Waals surface area contributed by atoms with E-state index in [0.717, 1.165) is 81.8 Å². The van der Waals surface area contributed by atoms with E-state index in [4.69, 9.17) is 0 Å². The predicted molar refractivity (Wildman–Crippen MR) is 131 cm³/mol.